The first-order valence-corrected chi connectivity index (χ1v) is 7.24. The van der Waals surface area contributed by atoms with Crippen LogP contribution in [0, 0.1) is 6.92 Å². The summed E-state index contributed by atoms with van der Waals surface area (Å²) in [5.41, 5.74) is 9.87. The summed E-state index contributed by atoms with van der Waals surface area (Å²) in [6.45, 7) is 7.14. The van der Waals surface area contributed by atoms with Crippen molar-refractivity contribution >= 4 is 11.6 Å². The Kier molecular flexibility index (Phi) is 4.62. The minimum absolute atomic E-state index is 0.132. The van der Waals surface area contributed by atoms with Crippen molar-refractivity contribution in [1.82, 2.24) is 15.1 Å². The molecule has 0 spiro atoms. The summed E-state index contributed by atoms with van der Waals surface area (Å²) in [5.74, 6) is -0.132. The van der Waals surface area contributed by atoms with E-state index >= 15 is 0 Å². The lowest BCUT2D eigenvalue weighted by Crippen LogP contribution is -2.31. The Bertz CT molecular complexity index is 633. The SMILES string of the molecule is CCc1[nH]nc(C(=O)N(CC)Cc2cccc(C)c2)c1N. The first-order valence-electron chi connectivity index (χ1n) is 7.24. The van der Waals surface area contributed by atoms with Gasteiger partial charge in [0, 0.05) is 13.1 Å². The average molecular weight is 286 g/mol. The Balaban J connectivity index is 2.20. The fraction of sp³-hybridized carbons (Fsp3) is 0.375. The van der Waals surface area contributed by atoms with Crippen molar-refractivity contribution in [3.8, 4) is 0 Å². The maximum atomic E-state index is 12.6. The van der Waals surface area contributed by atoms with E-state index in [9.17, 15) is 4.79 Å². The number of nitrogens with zero attached hydrogens (tertiary/aromatic N) is 2. The van der Waals surface area contributed by atoms with Crippen LogP contribution in [0.2, 0.25) is 0 Å². The zero-order valence-electron chi connectivity index (χ0n) is 12.8. The molecule has 2 rings (SSSR count). The molecule has 5 heteroatoms. The van der Waals surface area contributed by atoms with Crippen LogP contribution in [0.4, 0.5) is 5.69 Å². The molecule has 0 atom stereocenters. The van der Waals surface area contributed by atoms with Crippen LogP contribution in [-0.2, 0) is 13.0 Å². The molecule has 0 aliphatic rings. The lowest BCUT2D eigenvalue weighted by Gasteiger charge is -2.20. The number of rotatable bonds is 5. The molecule has 2 aromatic rings. The van der Waals surface area contributed by atoms with Crippen molar-refractivity contribution < 1.29 is 4.79 Å². The summed E-state index contributed by atoms with van der Waals surface area (Å²) < 4.78 is 0. The highest BCUT2D eigenvalue weighted by molar-refractivity contribution is 5.97. The third-order valence-corrected chi connectivity index (χ3v) is 3.56. The molecule has 1 aromatic carbocycles. The zero-order chi connectivity index (χ0) is 15.4. The molecule has 1 amide bonds. The van der Waals surface area contributed by atoms with Gasteiger partial charge in [-0.25, -0.2) is 0 Å². The maximum absolute atomic E-state index is 12.6. The Morgan fingerprint density at radius 2 is 2.14 bits per heavy atom. The number of hydrogen-bond acceptors (Lipinski definition) is 3. The first-order chi connectivity index (χ1) is 10.1. The molecule has 3 N–H and O–H groups in total. The van der Waals surface area contributed by atoms with Gasteiger partial charge < -0.3 is 10.6 Å². The second-order valence-electron chi connectivity index (χ2n) is 5.13. The third-order valence-electron chi connectivity index (χ3n) is 3.56. The number of anilines is 1. The number of nitrogens with one attached hydrogen (secondary N) is 1. The van der Waals surface area contributed by atoms with Gasteiger partial charge in [-0.1, -0.05) is 36.8 Å². The number of benzene rings is 1. The van der Waals surface area contributed by atoms with Crippen LogP contribution in [-0.4, -0.2) is 27.5 Å². The molecule has 0 aliphatic carbocycles. The van der Waals surface area contributed by atoms with Crippen molar-refractivity contribution in [3.63, 3.8) is 0 Å². The molecule has 1 heterocycles. The molecule has 0 aliphatic heterocycles. The van der Waals surface area contributed by atoms with E-state index in [-0.39, 0.29) is 5.91 Å². The van der Waals surface area contributed by atoms with Gasteiger partial charge in [-0.05, 0) is 25.8 Å². The number of H-pyrrole nitrogens is 1. The van der Waals surface area contributed by atoms with E-state index in [1.807, 2.05) is 39.0 Å². The van der Waals surface area contributed by atoms with Gasteiger partial charge in [0.15, 0.2) is 5.69 Å². The van der Waals surface area contributed by atoms with Crippen molar-refractivity contribution in [2.45, 2.75) is 33.7 Å². The van der Waals surface area contributed by atoms with Crippen molar-refractivity contribution in [2.75, 3.05) is 12.3 Å². The Labute approximate surface area is 125 Å². The van der Waals surface area contributed by atoms with E-state index in [0.29, 0.717) is 24.5 Å². The van der Waals surface area contributed by atoms with E-state index < -0.39 is 0 Å². The minimum atomic E-state index is -0.132. The molecule has 5 nitrogen and oxygen atoms in total. The summed E-state index contributed by atoms with van der Waals surface area (Å²) in [6.07, 6.45) is 0.732. The zero-order valence-corrected chi connectivity index (χ0v) is 12.8. The van der Waals surface area contributed by atoms with E-state index in [1.165, 1.54) is 5.56 Å². The molecule has 0 bridgehead atoms. The average Bonchev–Trinajstić information content (AvgIpc) is 2.85. The van der Waals surface area contributed by atoms with Crippen LogP contribution in [0.25, 0.3) is 0 Å². The predicted octanol–water partition coefficient (Wildman–Crippen LogP) is 2.53. The van der Waals surface area contributed by atoms with Gasteiger partial charge in [0.05, 0.1) is 11.4 Å². The molecule has 0 saturated heterocycles. The Hall–Kier alpha value is -2.30. The summed E-state index contributed by atoms with van der Waals surface area (Å²) in [7, 11) is 0. The van der Waals surface area contributed by atoms with E-state index in [1.54, 1.807) is 4.90 Å². The monoisotopic (exact) mass is 286 g/mol. The number of hydrogen-bond donors (Lipinski definition) is 2. The lowest BCUT2D eigenvalue weighted by molar-refractivity contribution is 0.0747. The van der Waals surface area contributed by atoms with Gasteiger partial charge in [-0.3, -0.25) is 9.89 Å². The number of aryl methyl sites for hydroxylation is 2. The number of aromatic amines is 1. The van der Waals surface area contributed by atoms with Crippen LogP contribution < -0.4 is 5.73 Å². The van der Waals surface area contributed by atoms with Gasteiger partial charge >= 0.3 is 0 Å². The molecular weight excluding hydrogens is 264 g/mol. The summed E-state index contributed by atoms with van der Waals surface area (Å²) >= 11 is 0. The molecule has 0 fully saturated rings. The van der Waals surface area contributed by atoms with Gasteiger partial charge in [0.2, 0.25) is 0 Å². The van der Waals surface area contributed by atoms with Gasteiger partial charge in [0.1, 0.15) is 0 Å². The first kappa shape index (κ1) is 15.1. The van der Waals surface area contributed by atoms with Crippen LogP contribution in [0.1, 0.15) is 41.2 Å². The number of amides is 1. The second kappa shape index (κ2) is 6.43. The lowest BCUT2D eigenvalue weighted by atomic mass is 10.1. The van der Waals surface area contributed by atoms with Crippen LogP contribution in [0.15, 0.2) is 24.3 Å². The normalized spacial score (nSPS) is 10.6. The van der Waals surface area contributed by atoms with Gasteiger partial charge in [-0.15, -0.1) is 0 Å². The summed E-state index contributed by atoms with van der Waals surface area (Å²) in [4.78, 5) is 14.3. The van der Waals surface area contributed by atoms with Crippen LogP contribution in [0.5, 0.6) is 0 Å². The van der Waals surface area contributed by atoms with Gasteiger partial charge in [-0.2, -0.15) is 5.10 Å². The van der Waals surface area contributed by atoms with Crippen LogP contribution in [0.3, 0.4) is 0 Å². The maximum Gasteiger partial charge on any atom is 0.276 e. The van der Waals surface area contributed by atoms with Crippen molar-refractivity contribution in [1.29, 1.82) is 0 Å². The van der Waals surface area contributed by atoms with E-state index in [0.717, 1.165) is 17.7 Å². The quantitative estimate of drug-likeness (QED) is 0.887. The molecule has 1 aromatic heterocycles. The molecule has 112 valence electrons. The van der Waals surface area contributed by atoms with Crippen LogP contribution >= 0.6 is 0 Å². The predicted molar refractivity (Wildman–Crippen MR) is 84.0 cm³/mol. The van der Waals surface area contributed by atoms with Crippen molar-refractivity contribution in [3.05, 3.63) is 46.8 Å². The van der Waals surface area contributed by atoms with E-state index in [2.05, 4.69) is 16.3 Å². The second-order valence-corrected chi connectivity index (χ2v) is 5.13. The smallest absolute Gasteiger partial charge is 0.276 e. The highest BCUT2D eigenvalue weighted by Gasteiger charge is 2.21. The molecule has 0 saturated carbocycles. The Morgan fingerprint density at radius 1 is 1.38 bits per heavy atom. The summed E-state index contributed by atoms with van der Waals surface area (Å²) in [6, 6.07) is 8.15. The molecule has 0 unspecified atom stereocenters. The van der Waals surface area contributed by atoms with E-state index in [4.69, 9.17) is 5.73 Å². The molecule has 0 radical (unpaired) electrons. The number of aromatic nitrogens is 2. The highest BCUT2D eigenvalue weighted by Crippen LogP contribution is 2.18. The fourth-order valence-electron chi connectivity index (χ4n) is 2.33. The largest absolute Gasteiger partial charge is 0.395 e. The number of nitrogen functional groups attached to an aromatic ring is 1. The highest BCUT2D eigenvalue weighted by atomic mass is 16.2. The number of carbonyl (C=O) groups excluding carboxylic acids is 1. The Morgan fingerprint density at radius 3 is 2.71 bits per heavy atom. The minimum Gasteiger partial charge on any atom is -0.395 e. The third kappa shape index (κ3) is 3.24. The van der Waals surface area contributed by atoms with Crippen molar-refractivity contribution in [2.24, 2.45) is 0 Å². The van der Waals surface area contributed by atoms with Gasteiger partial charge in [0.25, 0.3) is 5.91 Å². The standard InChI is InChI=1S/C16H22N4O/c1-4-13-14(17)15(19-18-13)16(21)20(5-2)10-12-8-6-7-11(3)9-12/h6-9H,4-5,10,17H2,1-3H3,(H,18,19). The number of carbonyl (C=O) groups is 1. The molecular formula is C16H22N4O. The number of nitrogens with two attached hydrogens (primary N) is 1. The molecule has 21 heavy (non-hydrogen) atoms. The fourth-order valence-corrected chi connectivity index (χ4v) is 2.33. The summed E-state index contributed by atoms with van der Waals surface area (Å²) in [5, 5.41) is 6.91. The topological polar surface area (TPSA) is 75.0 Å².